The van der Waals surface area contributed by atoms with E-state index in [0.29, 0.717) is 32.7 Å². The van der Waals surface area contributed by atoms with E-state index in [9.17, 15) is 9.59 Å². The molecule has 2 aromatic rings. The molecule has 0 spiro atoms. The SMILES string of the molecule is COC[C@H](Nc1nc(=O)n(C2CCOCC2)c(=O)[nH]1)c1cccc(C)c1. The maximum Gasteiger partial charge on any atom is 0.355 e. The zero-order valence-electron chi connectivity index (χ0n) is 15.0. The van der Waals surface area contributed by atoms with Crippen LogP contribution in [0.3, 0.4) is 0 Å². The van der Waals surface area contributed by atoms with Gasteiger partial charge in [0.25, 0.3) is 0 Å². The zero-order chi connectivity index (χ0) is 18.5. The standard InChI is InChI=1S/C18H24N4O4/c1-12-4-3-5-13(10-12)15(11-25-2)19-16-20-17(23)22(18(24)21-16)14-6-8-26-9-7-14/h3-5,10,14-15H,6-9,11H2,1-2H3,(H2,19,20,21,23,24)/t15-/m0/s1. The summed E-state index contributed by atoms with van der Waals surface area (Å²) < 4.78 is 11.7. The first kappa shape index (κ1) is 18.3. The van der Waals surface area contributed by atoms with E-state index in [4.69, 9.17) is 9.47 Å². The average Bonchev–Trinajstić information content (AvgIpc) is 2.62. The lowest BCUT2D eigenvalue weighted by Crippen LogP contribution is -2.42. The molecule has 1 atom stereocenters. The Morgan fingerprint density at radius 3 is 2.81 bits per heavy atom. The Labute approximate surface area is 151 Å². The third-order valence-corrected chi connectivity index (χ3v) is 4.50. The van der Waals surface area contributed by atoms with Crippen molar-refractivity contribution in [1.82, 2.24) is 14.5 Å². The van der Waals surface area contributed by atoms with Gasteiger partial charge < -0.3 is 14.8 Å². The molecule has 0 bridgehead atoms. The molecule has 26 heavy (non-hydrogen) atoms. The first-order valence-electron chi connectivity index (χ1n) is 8.71. The van der Waals surface area contributed by atoms with E-state index in [1.54, 1.807) is 7.11 Å². The van der Waals surface area contributed by atoms with Gasteiger partial charge >= 0.3 is 11.4 Å². The first-order chi connectivity index (χ1) is 12.6. The molecule has 1 aliphatic rings. The summed E-state index contributed by atoms with van der Waals surface area (Å²) in [6.45, 7) is 3.46. The molecule has 2 heterocycles. The molecule has 0 unspecified atom stereocenters. The van der Waals surface area contributed by atoms with Gasteiger partial charge in [-0.3, -0.25) is 4.98 Å². The van der Waals surface area contributed by atoms with Crippen LogP contribution >= 0.6 is 0 Å². The minimum atomic E-state index is -0.552. The summed E-state index contributed by atoms with van der Waals surface area (Å²) >= 11 is 0. The number of methoxy groups -OCH3 is 1. The van der Waals surface area contributed by atoms with Crippen LogP contribution in [0.5, 0.6) is 0 Å². The van der Waals surface area contributed by atoms with E-state index in [2.05, 4.69) is 15.3 Å². The Kier molecular flexibility index (Phi) is 5.85. The molecule has 0 aliphatic carbocycles. The summed E-state index contributed by atoms with van der Waals surface area (Å²) in [4.78, 5) is 31.6. The minimum absolute atomic E-state index is 0.145. The average molecular weight is 360 g/mol. The number of hydrogen-bond donors (Lipinski definition) is 2. The van der Waals surface area contributed by atoms with E-state index in [-0.39, 0.29) is 18.0 Å². The van der Waals surface area contributed by atoms with Crippen molar-refractivity contribution >= 4 is 5.95 Å². The van der Waals surface area contributed by atoms with Crippen LogP contribution in [0.4, 0.5) is 5.95 Å². The van der Waals surface area contributed by atoms with Gasteiger partial charge in [0.1, 0.15) is 0 Å². The fourth-order valence-electron chi connectivity index (χ4n) is 3.20. The van der Waals surface area contributed by atoms with Gasteiger partial charge in [0, 0.05) is 26.4 Å². The van der Waals surface area contributed by atoms with Crippen LogP contribution in [-0.4, -0.2) is 41.5 Å². The lowest BCUT2D eigenvalue weighted by molar-refractivity contribution is 0.0670. The van der Waals surface area contributed by atoms with Gasteiger partial charge in [-0.1, -0.05) is 29.8 Å². The number of aryl methyl sites for hydroxylation is 1. The summed E-state index contributed by atoms with van der Waals surface area (Å²) in [5, 5.41) is 3.11. The second-order valence-corrected chi connectivity index (χ2v) is 6.45. The number of rotatable bonds is 6. The predicted molar refractivity (Wildman–Crippen MR) is 97.6 cm³/mol. The van der Waals surface area contributed by atoms with Gasteiger partial charge in [-0.15, -0.1) is 0 Å². The lowest BCUT2D eigenvalue weighted by atomic mass is 10.1. The zero-order valence-corrected chi connectivity index (χ0v) is 15.0. The van der Waals surface area contributed by atoms with Crippen molar-refractivity contribution in [2.24, 2.45) is 0 Å². The van der Waals surface area contributed by atoms with Gasteiger partial charge in [0.15, 0.2) is 0 Å². The summed E-state index contributed by atoms with van der Waals surface area (Å²) in [5.41, 5.74) is 1.09. The van der Waals surface area contributed by atoms with Gasteiger partial charge in [-0.2, -0.15) is 4.98 Å². The van der Waals surface area contributed by atoms with Gasteiger partial charge in [-0.05, 0) is 25.3 Å². The highest BCUT2D eigenvalue weighted by Gasteiger charge is 2.21. The van der Waals surface area contributed by atoms with Gasteiger partial charge in [-0.25, -0.2) is 14.2 Å². The van der Waals surface area contributed by atoms with Crippen LogP contribution in [0.25, 0.3) is 0 Å². The van der Waals surface area contributed by atoms with Crippen LogP contribution in [0.15, 0.2) is 33.9 Å². The third kappa shape index (κ3) is 4.20. The quantitative estimate of drug-likeness (QED) is 0.808. The van der Waals surface area contributed by atoms with Crippen LogP contribution < -0.4 is 16.7 Å². The van der Waals surface area contributed by atoms with Gasteiger partial charge in [0.2, 0.25) is 5.95 Å². The van der Waals surface area contributed by atoms with Crippen LogP contribution in [0, 0.1) is 6.92 Å². The van der Waals surface area contributed by atoms with Crippen molar-refractivity contribution in [3.8, 4) is 0 Å². The molecule has 0 amide bonds. The number of ether oxygens (including phenoxy) is 2. The Hall–Kier alpha value is -2.45. The van der Waals surface area contributed by atoms with Crippen molar-refractivity contribution in [2.45, 2.75) is 31.8 Å². The fourth-order valence-corrected chi connectivity index (χ4v) is 3.20. The Morgan fingerprint density at radius 2 is 2.15 bits per heavy atom. The van der Waals surface area contributed by atoms with Crippen LogP contribution in [0.2, 0.25) is 0 Å². The molecule has 8 nitrogen and oxygen atoms in total. The lowest BCUT2D eigenvalue weighted by Gasteiger charge is -2.23. The van der Waals surface area contributed by atoms with E-state index in [1.165, 1.54) is 4.57 Å². The van der Waals surface area contributed by atoms with Crippen molar-refractivity contribution in [3.05, 3.63) is 56.4 Å². The first-order valence-corrected chi connectivity index (χ1v) is 8.71. The third-order valence-electron chi connectivity index (χ3n) is 4.50. The molecule has 1 saturated heterocycles. The molecular formula is C18H24N4O4. The molecule has 2 N–H and O–H groups in total. The molecule has 1 aromatic heterocycles. The van der Waals surface area contributed by atoms with E-state index < -0.39 is 11.4 Å². The number of anilines is 1. The van der Waals surface area contributed by atoms with E-state index in [0.717, 1.165) is 11.1 Å². The van der Waals surface area contributed by atoms with Crippen LogP contribution in [0.1, 0.15) is 36.1 Å². The number of benzene rings is 1. The smallest absolute Gasteiger partial charge is 0.355 e. The van der Waals surface area contributed by atoms with Crippen molar-refractivity contribution in [3.63, 3.8) is 0 Å². The molecule has 1 fully saturated rings. The topological polar surface area (TPSA) is 98.2 Å². The monoisotopic (exact) mass is 360 g/mol. The van der Waals surface area contributed by atoms with Gasteiger partial charge in [0.05, 0.1) is 12.6 Å². The van der Waals surface area contributed by atoms with Crippen LogP contribution in [-0.2, 0) is 9.47 Å². The molecule has 8 heteroatoms. The molecule has 3 rings (SSSR count). The highest BCUT2D eigenvalue weighted by Crippen LogP contribution is 2.19. The molecular weight excluding hydrogens is 336 g/mol. The second-order valence-electron chi connectivity index (χ2n) is 6.45. The molecule has 140 valence electrons. The Balaban J connectivity index is 1.86. The second kappa shape index (κ2) is 8.29. The van der Waals surface area contributed by atoms with E-state index >= 15 is 0 Å². The number of aromatic nitrogens is 3. The van der Waals surface area contributed by atoms with E-state index in [1.807, 2.05) is 31.2 Å². The maximum atomic E-state index is 12.4. The largest absolute Gasteiger partial charge is 0.382 e. The number of hydrogen-bond acceptors (Lipinski definition) is 6. The van der Waals surface area contributed by atoms with Crippen molar-refractivity contribution < 1.29 is 9.47 Å². The molecule has 0 radical (unpaired) electrons. The summed E-state index contributed by atoms with van der Waals surface area (Å²) in [6.07, 6.45) is 1.26. The van der Waals surface area contributed by atoms with Crippen molar-refractivity contribution in [2.75, 3.05) is 32.2 Å². The predicted octanol–water partition coefficient (Wildman–Crippen LogP) is 1.39. The highest BCUT2D eigenvalue weighted by molar-refractivity contribution is 5.33. The number of aromatic amines is 1. The summed E-state index contributed by atoms with van der Waals surface area (Å²) in [7, 11) is 1.60. The molecule has 1 aliphatic heterocycles. The van der Waals surface area contributed by atoms with Crippen molar-refractivity contribution in [1.29, 1.82) is 0 Å². The summed E-state index contributed by atoms with van der Waals surface area (Å²) in [5.74, 6) is 0.145. The highest BCUT2D eigenvalue weighted by atomic mass is 16.5. The fraction of sp³-hybridized carbons (Fsp3) is 0.500. The molecule has 1 aromatic carbocycles. The number of H-pyrrole nitrogens is 1. The number of nitrogens with zero attached hydrogens (tertiary/aromatic N) is 2. The Bertz CT molecular complexity index is 824. The minimum Gasteiger partial charge on any atom is -0.382 e. The Morgan fingerprint density at radius 1 is 1.38 bits per heavy atom. The summed E-state index contributed by atoms with van der Waals surface area (Å²) in [6, 6.07) is 7.54. The molecule has 0 saturated carbocycles. The maximum absolute atomic E-state index is 12.4. The normalized spacial score (nSPS) is 16.4. The number of nitrogens with one attached hydrogen (secondary N) is 2.